The van der Waals surface area contributed by atoms with E-state index >= 15 is 0 Å². The van der Waals surface area contributed by atoms with E-state index in [1.165, 1.54) is 0 Å². The molecule has 0 amide bonds. The summed E-state index contributed by atoms with van der Waals surface area (Å²) in [4.78, 5) is 0. The van der Waals surface area contributed by atoms with Crippen LogP contribution in [0.2, 0.25) is 0 Å². The van der Waals surface area contributed by atoms with Gasteiger partial charge < -0.3 is 0 Å². The Morgan fingerprint density at radius 3 is 2.59 bits per heavy atom. The molecule has 1 aromatic carbocycles. The van der Waals surface area contributed by atoms with E-state index in [0.29, 0.717) is 11.6 Å². The molecule has 0 N–H and O–H groups in total. The average molecular weight is 230 g/mol. The van der Waals surface area contributed by atoms with Crippen LogP contribution in [0.4, 0.5) is 0 Å². The van der Waals surface area contributed by atoms with Crippen molar-refractivity contribution in [3.63, 3.8) is 0 Å². The molecular formula is C16H20N+. The minimum absolute atomic E-state index is 0.331. The Morgan fingerprint density at radius 2 is 1.94 bits per heavy atom. The Bertz CT molecular complexity index is 702. The summed E-state index contributed by atoms with van der Waals surface area (Å²) in [5.41, 5.74) is 5.27. The number of rotatable bonds is 1. The SMILES string of the molecule is [2H]c1c(C)cc(-c2ccc(C([2H])([2H])[2H])c[n+]2C)c(C)c1C. The normalized spacial score (nSPS) is 14.8. The summed E-state index contributed by atoms with van der Waals surface area (Å²) in [6.07, 6.45) is 1.65. The lowest BCUT2D eigenvalue weighted by atomic mass is 9.97. The van der Waals surface area contributed by atoms with Crippen LogP contribution < -0.4 is 4.57 Å². The van der Waals surface area contributed by atoms with Crippen LogP contribution in [0.15, 0.2) is 30.4 Å². The zero-order valence-electron chi connectivity index (χ0n) is 14.8. The fraction of sp³-hybridized carbons (Fsp3) is 0.312. The van der Waals surface area contributed by atoms with Gasteiger partial charge in [-0.25, -0.2) is 4.57 Å². The van der Waals surface area contributed by atoms with Gasteiger partial charge in [0.15, 0.2) is 6.20 Å². The van der Waals surface area contributed by atoms with Crippen molar-refractivity contribution >= 4 is 0 Å². The topological polar surface area (TPSA) is 3.88 Å². The summed E-state index contributed by atoms with van der Waals surface area (Å²) < 4.78 is 32.3. The van der Waals surface area contributed by atoms with E-state index in [-0.39, 0.29) is 0 Å². The van der Waals surface area contributed by atoms with Crippen molar-refractivity contribution in [3.05, 3.63) is 52.7 Å². The van der Waals surface area contributed by atoms with E-state index in [9.17, 15) is 0 Å². The van der Waals surface area contributed by atoms with E-state index in [0.717, 1.165) is 27.9 Å². The van der Waals surface area contributed by atoms with E-state index in [2.05, 4.69) is 0 Å². The smallest absolute Gasteiger partial charge is 0.201 e. The van der Waals surface area contributed by atoms with Gasteiger partial charge >= 0.3 is 0 Å². The molecular weight excluding hydrogens is 206 g/mol. The Labute approximate surface area is 109 Å². The summed E-state index contributed by atoms with van der Waals surface area (Å²) in [7, 11) is 1.85. The van der Waals surface area contributed by atoms with Crippen LogP contribution >= 0.6 is 0 Å². The van der Waals surface area contributed by atoms with E-state index in [1.54, 1.807) is 12.3 Å². The molecule has 2 rings (SSSR count). The molecule has 0 radical (unpaired) electrons. The molecule has 0 aliphatic carbocycles. The van der Waals surface area contributed by atoms with Gasteiger partial charge in [-0.05, 0) is 50.9 Å². The van der Waals surface area contributed by atoms with Crippen LogP contribution in [0.1, 0.15) is 27.7 Å². The Hall–Kier alpha value is -1.63. The van der Waals surface area contributed by atoms with Crippen LogP contribution in [-0.4, -0.2) is 0 Å². The summed E-state index contributed by atoms with van der Waals surface area (Å²) in [5, 5.41) is 0. The largest absolute Gasteiger partial charge is 0.212 e. The fourth-order valence-corrected chi connectivity index (χ4v) is 2.11. The molecule has 0 spiro atoms. The lowest BCUT2D eigenvalue weighted by Crippen LogP contribution is -2.31. The molecule has 0 unspecified atom stereocenters. The number of nitrogens with zero attached hydrogens (tertiary/aromatic N) is 1. The van der Waals surface area contributed by atoms with Crippen LogP contribution in [0, 0.1) is 27.6 Å². The summed E-state index contributed by atoms with van der Waals surface area (Å²) >= 11 is 0. The van der Waals surface area contributed by atoms with Crippen LogP contribution in [0.25, 0.3) is 11.3 Å². The molecule has 1 heterocycles. The number of aromatic nitrogens is 1. The third kappa shape index (κ3) is 2.23. The maximum Gasteiger partial charge on any atom is 0.212 e. The number of pyridine rings is 1. The predicted octanol–water partition coefficient (Wildman–Crippen LogP) is 3.41. The second kappa shape index (κ2) is 4.33. The van der Waals surface area contributed by atoms with Gasteiger partial charge in [-0.3, -0.25) is 0 Å². The molecule has 0 fully saturated rings. The highest BCUT2D eigenvalue weighted by Crippen LogP contribution is 2.24. The first-order valence-corrected chi connectivity index (χ1v) is 5.71. The van der Waals surface area contributed by atoms with Crippen molar-refractivity contribution in [2.24, 2.45) is 7.05 Å². The summed E-state index contributed by atoms with van der Waals surface area (Å²) in [5.74, 6) is 0. The van der Waals surface area contributed by atoms with Crippen LogP contribution in [0.5, 0.6) is 0 Å². The van der Waals surface area contributed by atoms with Crippen LogP contribution in [0.3, 0.4) is 0 Å². The fourth-order valence-electron chi connectivity index (χ4n) is 2.11. The third-order valence-corrected chi connectivity index (χ3v) is 3.12. The van der Waals surface area contributed by atoms with Gasteiger partial charge in [0.1, 0.15) is 7.05 Å². The standard InChI is InChI=1S/C16H20N/c1-11-6-7-16(17(5)10-11)15-9-12(2)8-13(3)14(15)4/h6-10H,1-5H3/q+1/i1D3,8D. The number of aryl methyl sites for hydroxylation is 3. The van der Waals surface area contributed by atoms with Gasteiger partial charge in [0.2, 0.25) is 5.69 Å². The highest BCUT2D eigenvalue weighted by molar-refractivity contribution is 5.64. The highest BCUT2D eigenvalue weighted by atomic mass is 14.9. The summed E-state index contributed by atoms with van der Waals surface area (Å²) in [6, 6.07) is 6.06. The van der Waals surface area contributed by atoms with Crippen LogP contribution in [-0.2, 0) is 7.05 Å². The first-order valence-electron chi connectivity index (χ1n) is 7.71. The molecule has 1 aromatic heterocycles. The van der Waals surface area contributed by atoms with E-state index in [4.69, 9.17) is 5.48 Å². The average Bonchev–Trinajstić information content (AvgIpc) is 2.40. The Morgan fingerprint density at radius 1 is 1.18 bits per heavy atom. The molecule has 17 heavy (non-hydrogen) atoms. The lowest BCUT2D eigenvalue weighted by Gasteiger charge is -2.09. The quantitative estimate of drug-likeness (QED) is 0.661. The first-order chi connectivity index (χ1) is 9.62. The van der Waals surface area contributed by atoms with Gasteiger partial charge in [0.05, 0.1) is 1.37 Å². The highest BCUT2D eigenvalue weighted by Gasteiger charge is 2.13. The molecule has 0 saturated heterocycles. The number of hydrogen-bond donors (Lipinski definition) is 0. The molecule has 0 aliphatic heterocycles. The van der Waals surface area contributed by atoms with Gasteiger partial charge in [-0.2, -0.15) is 0 Å². The van der Waals surface area contributed by atoms with Crippen molar-refractivity contribution in [1.29, 1.82) is 0 Å². The monoisotopic (exact) mass is 230 g/mol. The Kier molecular flexibility index (Phi) is 1.95. The Balaban J connectivity index is 2.64. The van der Waals surface area contributed by atoms with Crippen molar-refractivity contribution < 1.29 is 10.1 Å². The molecule has 0 bridgehead atoms. The maximum absolute atomic E-state index is 8.03. The molecule has 0 aliphatic rings. The van der Waals surface area contributed by atoms with Crippen molar-refractivity contribution in [1.82, 2.24) is 0 Å². The summed E-state index contributed by atoms with van der Waals surface area (Å²) in [6.45, 7) is 3.78. The zero-order valence-corrected chi connectivity index (χ0v) is 10.8. The van der Waals surface area contributed by atoms with Gasteiger partial charge in [0, 0.05) is 21.3 Å². The minimum atomic E-state index is -2.10. The third-order valence-electron chi connectivity index (χ3n) is 3.12. The molecule has 1 nitrogen and oxygen atoms in total. The molecule has 2 aromatic rings. The predicted molar refractivity (Wildman–Crippen MR) is 72.0 cm³/mol. The van der Waals surface area contributed by atoms with Crippen molar-refractivity contribution in [2.45, 2.75) is 27.6 Å². The molecule has 1 heteroatoms. The number of hydrogen-bond acceptors (Lipinski definition) is 0. The molecule has 0 saturated carbocycles. The second-order valence-electron chi connectivity index (χ2n) is 4.53. The van der Waals surface area contributed by atoms with E-state index in [1.807, 2.05) is 44.5 Å². The van der Waals surface area contributed by atoms with Gasteiger partial charge in [-0.1, -0.05) is 11.6 Å². The lowest BCUT2D eigenvalue weighted by molar-refractivity contribution is -0.660. The van der Waals surface area contributed by atoms with Crippen molar-refractivity contribution in [3.8, 4) is 11.3 Å². The van der Waals surface area contributed by atoms with E-state index < -0.39 is 6.85 Å². The van der Waals surface area contributed by atoms with Gasteiger partial charge in [-0.15, -0.1) is 0 Å². The maximum atomic E-state index is 8.03. The number of benzene rings is 1. The molecule has 88 valence electrons. The van der Waals surface area contributed by atoms with Crippen molar-refractivity contribution in [2.75, 3.05) is 0 Å². The minimum Gasteiger partial charge on any atom is -0.201 e. The van der Waals surface area contributed by atoms with Gasteiger partial charge in [0.25, 0.3) is 0 Å². The second-order valence-corrected chi connectivity index (χ2v) is 4.53. The first kappa shape index (κ1) is 7.65. The zero-order chi connectivity index (χ0) is 15.9. The molecule has 0 atom stereocenters.